The number of nitrogen functional groups attached to an aromatic ring is 1. The molecule has 1 aromatic carbocycles. The van der Waals surface area contributed by atoms with Gasteiger partial charge in [0.1, 0.15) is 5.82 Å². The summed E-state index contributed by atoms with van der Waals surface area (Å²) in [6.07, 6.45) is 0.677. The Kier molecular flexibility index (Phi) is 5.28. The molecule has 0 radical (unpaired) electrons. The molecule has 1 rings (SSSR count). The van der Waals surface area contributed by atoms with Crippen LogP contribution in [0.5, 0.6) is 0 Å². The second kappa shape index (κ2) is 6.31. The maximum atomic E-state index is 13.5. The smallest absolute Gasteiger partial charge is 0.241 e. The first-order valence-electron chi connectivity index (χ1n) is 5.94. The zero-order valence-electron chi connectivity index (χ0n) is 11.4. The van der Waals surface area contributed by atoms with Gasteiger partial charge in [-0.15, -0.1) is 0 Å². The van der Waals surface area contributed by atoms with Crippen LogP contribution < -0.4 is 10.5 Å². The minimum absolute atomic E-state index is 0.0781. The van der Waals surface area contributed by atoms with Gasteiger partial charge in [0.25, 0.3) is 0 Å². The van der Waals surface area contributed by atoms with Crippen LogP contribution in [-0.2, 0) is 10.0 Å². The highest BCUT2D eigenvalue weighted by Gasteiger charge is 2.19. The molecule has 7 heteroatoms. The molecule has 0 saturated carbocycles. The molecule has 1 aromatic rings. The molecular formula is C12H20FN3O2S. The molecule has 5 nitrogen and oxygen atoms in total. The Labute approximate surface area is 113 Å². The van der Waals surface area contributed by atoms with Crippen LogP contribution in [0, 0.1) is 12.7 Å². The van der Waals surface area contributed by atoms with Crippen LogP contribution in [0.3, 0.4) is 0 Å². The fourth-order valence-electron chi connectivity index (χ4n) is 1.63. The fraction of sp³-hybridized carbons (Fsp3) is 0.500. The predicted octanol–water partition coefficient (Wildman–Crippen LogP) is 0.946. The zero-order valence-corrected chi connectivity index (χ0v) is 12.2. The monoisotopic (exact) mass is 289 g/mol. The van der Waals surface area contributed by atoms with E-state index in [1.807, 2.05) is 19.0 Å². The third kappa shape index (κ3) is 4.45. The summed E-state index contributed by atoms with van der Waals surface area (Å²) in [5.41, 5.74) is 5.65. The minimum atomic E-state index is -3.72. The molecule has 3 N–H and O–H groups in total. The molecule has 0 heterocycles. The number of anilines is 1. The second-order valence-corrected chi connectivity index (χ2v) is 6.42. The third-order valence-corrected chi connectivity index (χ3v) is 4.27. The van der Waals surface area contributed by atoms with Gasteiger partial charge in [-0.1, -0.05) is 0 Å². The molecule has 0 fully saturated rings. The van der Waals surface area contributed by atoms with Gasteiger partial charge in [0.05, 0.1) is 4.90 Å². The molecule has 0 aromatic heterocycles. The largest absolute Gasteiger partial charge is 0.399 e. The van der Waals surface area contributed by atoms with E-state index < -0.39 is 15.8 Å². The van der Waals surface area contributed by atoms with E-state index in [1.165, 1.54) is 13.0 Å². The molecular weight excluding hydrogens is 269 g/mol. The summed E-state index contributed by atoms with van der Waals surface area (Å²) in [4.78, 5) is 1.86. The molecule has 19 heavy (non-hydrogen) atoms. The van der Waals surface area contributed by atoms with Gasteiger partial charge in [0, 0.05) is 17.8 Å². The van der Waals surface area contributed by atoms with E-state index in [1.54, 1.807) is 0 Å². The highest BCUT2D eigenvalue weighted by atomic mass is 32.2. The molecule has 0 saturated heterocycles. The number of rotatable bonds is 6. The number of sulfonamides is 1. The van der Waals surface area contributed by atoms with E-state index in [0.29, 0.717) is 13.0 Å². The van der Waals surface area contributed by atoms with Gasteiger partial charge in [-0.3, -0.25) is 0 Å². The number of hydrogen-bond acceptors (Lipinski definition) is 4. The molecule has 0 unspecified atom stereocenters. The Morgan fingerprint density at radius 1 is 1.37 bits per heavy atom. The summed E-state index contributed by atoms with van der Waals surface area (Å²) in [5.74, 6) is -0.617. The van der Waals surface area contributed by atoms with E-state index in [0.717, 1.165) is 12.6 Å². The Morgan fingerprint density at radius 3 is 2.58 bits per heavy atom. The van der Waals surface area contributed by atoms with E-state index in [-0.39, 0.29) is 16.1 Å². The van der Waals surface area contributed by atoms with Crippen LogP contribution in [0.2, 0.25) is 0 Å². The number of nitrogens with two attached hydrogens (primary N) is 1. The standard InChI is InChI=1S/C12H20FN3O2S/c1-9-11(13)7-10(14)8-12(9)19(17,18)15-5-4-6-16(2)3/h7-8,15H,4-6,14H2,1-3H3. The van der Waals surface area contributed by atoms with Crippen molar-refractivity contribution in [1.82, 2.24) is 9.62 Å². The first-order valence-corrected chi connectivity index (χ1v) is 7.42. The van der Waals surface area contributed by atoms with Gasteiger partial charge in [0.2, 0.25) is 10.0 Å². The van der Waals surface area contributed by atoms with Crippen molar-refractivity contribution in [1.29, 1.82) is 0 Å². The van der Waals surface area contributed by atoms with E-state index in [2.05, 4.69) is 4.72 Å². The van der Waals surface area contributed by atoms with Crippen LogP contribution in [-0.4, -0.2) is 40.5 Å². The molecule has 0 atom stereocenters. The van der Waals surface area contributed by atoms with Gasteiger partial charge in [0.15, 0.2) is 0 Å². The lowest BCUT2D eigenvalue weighted by Crippen LogP contribution is -2.28. The van der Waals surface area contributed by atoms with Gasteiger partial charge < -0.3 is 10.6 Å². The average molecular weight is 289 g/mol. The molecule has 0 amide bonds. The summed E-state index contributed by atoms with van der Waals surface area (Å²) in [6.45, 7) is 2.49. The maximum absolute atomic E-state index is 13.5. The minimum Gasteiger partial charge on any atom is -0.399 e. The Bertz CT molecular complexity index is 544. The molecule has 0 aliphatic rings. The van der Waals surface area contributed by atoms with Crippen molar-refractivity contribution in [3.63, 3.8) is 0 Å². The van der Waals surface area contributed by atoms with Gasteiger partial charge >= 0.3 is 0 Å². The van der Waals surface area contributed by atoms with E-state index >= 15 is 0 Å². The number of nitrogens with zero attached hydrogens (tertiary/aromatic N) is 1. The quantitative estimate of drug-likeness (QED) is 0.604. The number of nitrogens with one attached hydrogen (secondary N) is 1. The summed E-state index contributed by atoms with van der Waals surface area (Å²) in [7, 11) is 0.0949. The molecule has 0 aliphatic carbocycles. The number of benzene rings is 1. The lowest BCUT2D eigenvalue weighted by Gasteiger charge is -2.12. The lowest BCUT2D eigenvalue weighted by atomic mass is 10.2. The SMILES string of the molecule is Cc1c(F)cc(N)cc1S(=O)(=O)NCCCN(C)C. The third-order valence-electron chi connectivity index (χ3n) is 2.68. The van der Waals surface area contributed by atoms with Crippen molar-refractivity contribution in [3.05, 3.63) is 23.5 Å². The van der Waals surface area contributed by atoms with Crippen molar-refractivity contribution in [2.45, 2.75) is 18.2 Å². The van der Waals surface area contributed by atoms with Crippen molar-refractivity contribution in [3.8, 4) is 0 Å². The summed E-state index contributed by atoms with van der Waals surface area (Å²) < 4.78 is 40.0. The lowest BCUT2D eigenvalue weighted by molar-refractivity contribution is 0.400. The fourth-order valence-corrected chi connectivity index (χ4v) is 2.99. The summed E-state index contributed by atoms with van der Waals surface area (Å²) >= 11 is 0. The number of halogens is 1. The normalized spacial score (nSPS) is 12.1. The molecule has 0 spiro atoms. The van der Waals surface area contributed by atoms with Crippen molar-refractivity contribution >= 4 is 15.7 Å². The topological polar surface area (TPSA) is 75.4 Å². The first-order chi connectivity index (χ1) is 8.74. The highest BCUT2D eigenvalue weighted by Crippen LogP contribution is 2.21. The van der Waals surface area contributed by atoms with Crippen LogP contribution in [0.25, 0.3) is 0 Å². The molecule has 0 bridgehead atoms. The average Bonchev–Trinajstić information content (AvgIpc) is 2.29. The second-order valence-electron chi connectivity index (χ2n) is 4.68. The van der Waals surface area contributed by atoms with Crippen molar-refractivity contribution in [2.24, 2.45) is 0 Å². The summed E-state index contributed by atoms with van der Waals surface area (Å²) in [5, 5.41) is 0. The number of hydrogen-bond donors (Lipinski definition) is 2. The van der Waals surface area contributed by atoms with Gasteiger partial charge in [-0.05, 0) is 46.1 Å². The Balaban J connectivity index is 2.83. The van der Waals surface area contributed by atoms with Crippen molar-refractivity contribution in [2.75, 3.05) is 32.9 Å². The van der Waals surface area contributed by atoms with Crippen molar-refractivity contribution < 1.29 is 12.8 Å². The molecule has 0 aliphatic heterocycles. The maximum Gasteiger partial charge on any atom is 0.241 e. The van der Waals surface area contributed by atoms with Gasteiger partial charge in [-0.25, -0.2) is 17.5 Å². The van der Waals surface area contributed by atoms with E-state index in [4.69, 9.17) is 5.73 Å². The van der Waals surface area contributed by atoms with Gasteiger partial charge in [-0.2, -0.15) is 0 Å². The van der Waals surface area contributed by atoms with Crippen LogP contribution >= 0.6 is 0 Å². The Morgan fingerprint density at radius 2 is 2.00 bits per heavy atom. The van der Waals surface area contributed by atoms with Crippen LogP contribution in [0.4, 0.5) is 10.1 Å². The van der Waals surface area contributed by atoms with Crippen LogP contribution in [0.1, 0.15) is 12.0 Å². The van der Waals surface area contributed by atoms with E-state index in [9.17, 15) is 12.8 Å². The van der Waals surface area contributed by atoms with Crippen LogP contribution in [0.15, 0.2) is 17.0 Å². The zero-order chi connectivity index (χ0) is 14.6. The molecule has 108 valence electrons. The highest BCUT2D eigenvalue weighted by molar-refractivity contribution is 7.89. The Hall–Kier alpha value is -1.18. The summed E-state index contributed by atoms with van der Waals surface area (Å²) in [6, 6.07) is 2.38. The predicted molar refractivity (Wildman–Crippen MR) is 73.9 cm³/mol. The first kappa shape index (κ1) is 15.9.